The fourth-order valence-corrected chi connectivity index (χ4v) is 1.42. The van der Waals surface area contributed by atoms with E-state index in [9.17, 15) is 0 Å². The molecule has 1 aromatic heterocycles. The second-order valence-corrected chi connectivity index (χ2v) is 3.17. The lowest BCUT2D eigenvalue weighted by atomic mass is 10.2. The molecule has 0 N–H and O–H groups in total. The van der Waals surface area contributed by atoms with Gasteiger partial charge in [-0.25, -0.2) is 0 Å². The molecular formula is C10H11N3. The zero-order chi connectivity index (χ0) is 9.26. The number of rotatable bonds is 0. The number of aryl methyl sites for hydroxylation is 1. The second-order valence-electron chi connectivity index (χ2n) is 3.17. The standard InChI is InChI=1S/C10H11N3/c1-7-5-9-6-12-13-8(2)10(9)3-4-11-7/h3-7H,1-2H3. The van der Waals surface area contributed by atoms with Gasteiger partial charge in [0.2, 0.25) is 0 Å². The Kier molecular flexibility index (Phi) is 1.93. The fourth-order valence-electron chi connectivity index (χ4n) is 1.42. The minimum Gasteiger partial charge on any atom is -0.286 e. The van der Waals surface area contributed by atoms with Crippen LogP contribution in [0.3, 0.4) is 0 Å². The number of aliphatic imine (C=N–C) groups is 1. The molecule has 1 aromatic rings. The van der Waals surface area contributed by atoms with E-state index in [0.29, 0.717) is 0 Å². The van der Waals surface area contributed by atoms with Gasteiger partial charge in [-0.1, -0.05) is 6.08 Å². The maximum absolute atomic E-state index is 4.29. The highest BCUT2D eigenvalue weighted by Gasteiger charge is 1.98. The van der Waals surface area contributed by atoms with Gasteiger partial charge in [0.1, 0.15) is 0 Å². The van der Waals surface area contributed by atoms with Gasteiger partial charge in [-0.2, -0.15) is 10.2 Å². The summed E-state index contributed by atoms with van der Waals surface area (Å²) in [6.45, 7) is 4.01. The first kappa shape index (κ1) is 8.10. The van der Waals surface area contributed by atoms with E-state index in [0.717, 1.165) is 16.1 Å². The Morgan fingerprint density at radius 3 is 3.08 bits per heavy atom. The molecule has 66 valence electrons. The average molecular weight is 173 g/mol. The minimum absolute atomic E-state index is 0.223. The molecule has 3 heteroatoms. The van der Waals surface area contributed by atoms with Crippen LogP contribution in [0.15, 0.2) is 11.2 Å². The summed E-state index contributed by atoms with van der Waals surface area (Å²) < 4.78 is 0. The largest absolute Gasteiger partial charge is 0.286 e. The predicted octanol–water partition coefficient (Wildman–Crippen LogP) is -0.181. The third kappa shape index (κ3) is 1.49. The zero-order valence-electron chi connectivity index (χ0n) is 7.73. The molecule has 3 nitrogen and oxygen atoms in total. The Balaban J connectivity index is 2.82. The van der Waals surface area contributed by atoms with Gasteiger partial charge in [-0.3, -0.25) is 4.99 Å². The Hall–Kier alpha value is -1.51. The molecule has 0 fully saturated rings. The van der Waals surface area contributed by atoms with Crippen LogP contribution in [0.25, 0.3) is 12.2 Å². The second kappa shape index (κ2) is 3.09. The van der Waals surface area contributed by atoms with Crippen LogP contribution in [0.2, 0.25) is 0 Å². The topological polar surface area (TPSA) is 38.1 Å². The molecule has 1 aliphatic rings. The molecule has 0 saturated carbocycles. The lowest BCUT2D eigenvalue weighted by Crippen LogP contribution is -2.29. The Bertz CT molecular complexity index is 460. The van der Waals surface area contributed by atoms with E-state index < -0.39 is 0 Å². The van der Waals surface area contributed by atoms with E-state index >= 15 is 0 Å². The van der Waals surface area contributed by atoms with Crippen LogP contribution in [0.1, 0.15) is 12.6 Å². The van der Waals surface area contributed by atoms with Crippen LogP contribution in [-0.2, 0) is 0 Å². The van der Waals surface area contributed by atoms with Crippen LogP contribution in [0.5, 0.6) is 0 Å². The molecule has 1 unspecified atom stereocenters. The van der Waals surface area contributed by atoms with Crippen molar-refractivity contribution in [2.24, 2.45) is 4.99 Å². The summed E-state index contributed by atoms with van der Waals surface area (Å²) in [4.78, 5) is 4.29. The van der Waals surface area contributed by atoms with Gasteiger partial charge in [0, 0.05) is 16.7 Å². The zero-order valence-corrected chi connectivity index (χ0v) is 7.73. The minimum atomic E-state index is 0.223. The quantitative estimate of drug-likeness (QED) is 0.546. The summed E-state index contributed by atoms with van der Waals surface area (Å²) in [5, 5.41) is 10.2. The molecule has 13 heavy (non-hydrogen) atoms. The highest BCUT2D eigenvalue weighted by Crippen LogP contribution is 1.91. The molecule has 1 aliphatic heterocycles. The summed E-state index contributed by atoms with van der Waals surface area (Å²) in [5.41, 5.74) is 0.953. The predicted molar refractivity (Wildman–Crippen MR) is 52.9 cm³/mol. The Labute approximate surface area is 76.5 Å². The Morgan fingerprint density at radius 1 is 1.38 bits per heavy atom. The number of aromatic nitrogens is 2. The van der Waals surface area contributed by atoms with E-state index in [2.05, 4.69) is 28.2 Å². The maximum atomic E-state index is 4.29. The lowest BCUT2D eigenvalue weighted by molar-refractivity contribution is 0.943. The molecule has 2 rings (SSSR count). The van der Waals surface area contributed by atoms with E-state index in [1.54, 1.807) is 6.20 Å². The van der Waals surface area contributed by atoms with E-state index in [1.807, 2.05) is 19.2 Å². The number of nitrogens with zero attached hydrogens (tertiary/aromatic N) is 3. The first-order chi connectivity index (χ1) is 6.27. The van der Waals surface area contributed by atoms with Gasteiger partial charge in [0.25, 0.3) is 0 Å². The van der Waals surface area contributed by atoms with Gasteiger partial charge in [-0.05, 0) is 19.9 Å². The molecule has 0 bridgehead atoms. The lowest BCUT2D eigenvalue weighted by Gasteiger charge is -1.94. The summed E-state index contributed by atoms with van der Waals surface area (Å²) >= 11 is 0. The normalized spacial score (nSPS) is 19.7. The van der Waals surface area contributed by atoms with Crippen molar-refractivity contribution in [1.82, 2.24) is 10.2 Å². The molecule has 2 heterocycles. The smallest absolute Gasteiger partial charge is 0.0678 e. The molecule has 0 aromatic carbocycles. The van der Waals surface area contributed by atoms with Crippen LogP contribution in [0, 0.1) is 6.92 Å². The average Bonchev–Trinajstić information content (AvgIpc) is 2.27. The van der Waals surface area contributed by atoms with Gasteiger partial charge >= 0.3 is 0 Å². The van der Waals surface area contributed by atoms with Crippen LogP contribution in [0.4, 0.5) is 0 Å². The SMILES string of the molecule is Cc1nncc2c1=CC=NC(C)C=2. The summed E-state index contributed by atoms with van der Waals surface area (Å²) in [6.07, 6.45) is 7.70. The third-order valence-electron chi connectivity index (χ3n) is 2.09. The van der Waals surface area contributed by atoms with Crippen molar-refractivity contribution in [3.05, 3.63) is 22.3 Å². The highest BCUT2D eigenvalue weighted by molar-refractivity contribution is 5.91. The fraction of sp³-hybridized carbons (Fsp3) is 0.300. The van der Waals surface area contributed by atoms with Crippen molar-refractivity contribution in [2.45, 2.75) is 19.9 Å². The van der Waals surface area contributed by atoms with Crippen molar-refractivity contribution in [3.63, 3.8) is 0 Å². The number of fused-ring (bicyclic) bond motifs is 1. The summed E-state index contributed by atoms with van der Waals surface area (Å²) in [5.74, 6) is 0. The monoisotopic (exact) mass is 173 g/mol. The van der Waals surface area contributed by atoms with E-state index in [1.165, 1.54) is 0 Å². The van der Waals surface area contributed by atoms with Crippen molar-refractivity contribution >= 4 is 18.4 Å². The molecule has 0 amide bonds. The van der Waals surface area contributed by atoms with E-state index in [4.69, 9.17) is 0 Å². The molecular weight excluding hydrogens is 162 g/mol. The number of hydrogen-bond donors (Lipinski definition) is 0. The Morgan fingerprint density at radius 2 is 2.23 bits per heavy atom. The van der Waals surface area contributed by atoms with E-state index in [-0.39, 0.29) is 6.04 Å². The molecule has 0 radical (unpaired) electrons. The third-order valence-corrected chi connectivity index (χ3v) is 2.09. The van der Waals surface area contributed by atoms with Gasteiger partial charge in [0.05, 0.1) is 17.9 Å². The maximum Gasteiger partial charge on any atom is 0.0678 e. The molecule has 0 saturated heterocycles. The van der Waals surface area contributed by atoms with Crippen LogP contribution >= 0.6 is 0 Å². The molecule has 0 spiro atoms. The highest BCUT2D eigenvalue weighted by atomic mass is 15.1. The van der Waals surface area contributed by atoms with Gasteiger partial charge < -0.3 is 0 Å². The van der Waals surface area contributed by atoms with Crippen molar-refractivity contribution in [1.29, 1.82) is 0 Å². The first-order valence-electron chi connectivity index (χ1n) is 4.31. The van der Waals surface area contributed by atoms with Crippen LogP contribution < -0.4 is 10.4 Å². The van der Waals surface area contributed by atoms with Crippen molar-refractivity contribution in [3.8, 4) is 0 Å². The van der Waals surface area contributed by atoms with Gasteiger partial charge in [0.15, 0.2) is 0 Å². The van der Waals surface area contributed by atoms with Crippen molar-refractivity contribution in [2.75, 3.05) is 0 Å². The summed E-state index contributed by atoms with van der Waals surface area (Å²) in [6, 6.07) is 0.223. The first-order valence-corrected chi connectivity index (χ1v) is 4.31. The summed E-state index contributed by atoms with van der Waals surface area (Å²) in [7, 11) is 0. The number of hydrogen-bond acceptors (Lipinski definition) is 3. The molecule has 0 aliphatic carbocycles. The van der Waals surface area contributed by atoms with Crippen molar-refractivity contribution < 1.29 is 0 Å². The van der Waals surface area contributed by atoms with Crippen LogP contribution in [-0.4, -0.2) is 22.5 Å². The molecule has 1 atom stereocenters. The van der Waals surface area contributed by atoms with Gasteiger partial charge in [-0.15, -0.1) is 0 Å².